The molecule has 5 nitrogen and oxygen atoms in total. The number of aliphatic hydroxyl groups is 1. The number of aromatic hydroxyl groups is 1. The first kappa shape index (κ1) is 17.2. The Bertz CT molecular complexity index is 1090. The molecule has 3 N–H and O–H groups in total. The van der Waals surface area contributed by atoms with Gasteiger partial charge in [0, 0.05) is 22.7 Å². The summed E-state index contributed by atoms with van der Waals surface area (Å²) in [5.74, 6) is 0.193. The van der Waals surface area contributed by atoms with Gasteiger partial charge in [0.2, 0.25) is 0 Å². The lowest BCUT2D eigenvalue weighted by atomic mass is 9.98. The fourth-order valence-electron chi connectivity index (χ4n) is 3.31. The number of aromatic amines is 1. The van der Waals surface area contributed by atoms with Crippen molar-refractivity contribution in [1.29, 1.82) is 0 Å². The number of phenols is 1. The molecule has 0 spiro atoms. The second-order valence-electron chi connectivity index (χ2n) is 6.64. The Morgan fingerprint density at radius 2 is 1.89 bits per heavy atom. The summed E-state index contributed by atoms with van der Waals surface area (Å²) in [6, 6.07) is 17.1. The van der Waals surface area contributed by atoms with Crippen LogP contribution in [0.3, 0.4) is 0 Å². The van der Waals surface area contributed by atoms with E-state index < -0.39 is 6.10 Å². The molecule has 0 bridgehead atoms. The zero-order valence-electron chi connectivity index (χ0n) is 15.1. The summed E-state index contributed by atoms with van der Waals surface area (Å²) in [7, 11) is 0. The van der Waals surface area contributed by atoms with Gasteiger partial charge in [0.15, 0.2) is 5.65 Å². The maximum absolute atomic E-state index is 10.3. The fourth-order valence-corrected chi connectivity index (χ4v) is 3.31. The predicted octanol–water partition coefficient (Wildman–Crippen LogP) is 4.83. The minimum absolute atomic E-state index is 0.193. The van der Waals surface area contributed by atoms with E-state index in [4.69, 9.17) is 0 Å². The predicted molar refractivity (Wildman–Crippen MR) is 106 cm³/mol. The average Bonchev–Trinajstić information content (AvgIpc) is 3.12. The highest BCUT2D eigenvalue weighted by atomic mass is 16.3. The van der Waals surface area contributed by atoms with E-state index in [9.17, 15) is 10.2 Å². The van der Waals surface area contributed by atoms with Crippen LogP contribution in [0.25, 0.3) is 33.4 Å². The summed E-state index contributed by atoms with van der Waals surface area (Å²) >= 11 is 0. The minimum Gasteiger partial charge on any atom is -0.507 e. The topological polar surface area (TPSA) is 82.0 Å². The van der Waals surface area contributed by atoms with E-state index in [-0.39, 0.29) is 5.75 Å². The average molecular weight is 359 g/mol. The number of rotatable bonds is 5. The third-order valence-electron chi connectivity index (χ3n) is 4.75. The van der Waals surface area contributed by atoms with Gasteiger partial charge >= 0.3 is 0 Å². The van der Waals surface area contributed by atoms with E-state index >= 15 is 0 Å². The molecule has 4 rings (SSSR count). The number of aliphatic hydroxyl groups excluding tert-OH is 1. The molecule has 0 amide bonds. The maximum atomic E-state index is 10.3. The Kier molecular flexibility index (Phi) is 4.60. The molecule has 136 valence electrons. The number of nitrogens with one attached hydrogen (secondary N) is 1. The third kappa shape index (κ3) is 3.29. The van der Waals surface area contributed by atoms with Crippen LogP contribution in [-0.4, -0.2) is 25.4 Å². The Hall–Kier alpha value is -3.18. The van der Waals surface area contributed by atoms with Gasteiger partial charge in [0.1, 0.15) is 5.75 Å². The molecule has 0 aliphatic carbocycles. The number of hydrogen-bond donors (Lipinski definition) is 3. The minimum atomic E-state index is -0.461. The Balaban J connectivity index is 1.79. The van der Waals surface area contributed by atoms with Crippen molar-refractivity contribution in [1.82, 2.24) is 15.2 Å². The first-order chi connectivity index (χ1) is 13.2. The van der Waals surface area contributed by atoms with Crippen molar-refractivity contribution in [2.45, 2.75) is 25.9 Å². The van der Waals surface area contributed by atoms with Gasteiger partial charge in [-0.1, -0.05) is 43.7 Å². The first-order valence-electron chi connectivity index (χ1n) is 9.08. The van der Waals surface area contributed by atoms with Gasteiger partial charge in [-0.15, -0.1) is 0 Å². The molecule has 0 saturated carbocycles. The fraction of sp³-hybridized carbons (Fsp3) is 0.182. The number of phenolic OH excluding ortho intramolecular Hbond substituents is 1. The first-order valence-corrected chi connectivity index (χ1v) is 9.08. The summed E-state index contributed by atoms with van der Waals surface area (Å²) in [4.78, 5) is 4.46. The molecule has 2 aromatic heterocycles. The summed E-state index contributed by atoms with van der Waals surface area (Å²) in [6.45, 7) is 2.06. The Morgan fingerprint density at radius 3 is 2.70 bits per heavy atom. The van der Waals surface area contributed by atoms with Crippen LogP contribution in [0.5, 0.6) is 5.75 Å². The van der Waals surface area contributed by atoms with Crippen LogP contribution >= 0.6 is 0 Å². The molecule has 0 radical (unpaired) electrons. The standard InChI is InChI=1S/C22H21N3O2/c1-2-6-19(26)15-8-5-7-14(11-15)16-12-18-21(24-25-22(18)23-13-16)17-9-3-4-10-20(17)27/h3-5,7-13,19,26-27H,2,6H2,1H3,(H,23,24,25)/t19-/m1/s1. The van der Waals surface area contributed by atoms with Gasteiger partial charge in [0.05, 0.1) is 11.8 Å². The van der Waals surface area contributed by atoms with Crippen molar-refractivity contribution in [2.75, 3.05) is 0 Å². The zero-order chi connectivity index (χ0) is 18.8. The van der Waals surface area contributed by atoms with Crippen molar-refractivity contribution < 1.29 is 10.2 Å². The smallest absolute Gasteiger partial charge is 0.181 e. The molecule has 2 heterocycles. The highest BCUT2D eigenvalue weighted by molar-refractivity contribution is 5.94. The number of aromatic nitrogens is 3. The van der Waals surface area contributed by atoms with Gasteiger partial charge in [-0.05, 0) is 41.8 Å². The van der Waals surface area contributed by atoms with E-state index in [1.807, 2.05) is 42.5 Å². The van der Waals surface area contributed by atoms with Crippen LogP contribution in [0.15, 0.2) is 60.8 Å². The Labute approximate surface area is 157 Å². The zero-order valence-corrected chi connectivity index (χ0v) is 15.1. The van der Waals surface area contributed by atoms with E-state index in [0.29, 0.717) is 11.2 Å². The van der Waals surface area contributed by atoms with E-state index in [2.05, 4.69) is 22.1 Å². The van der Waals surface area contributed by atoms with Crippen LogP contribution < -0.4 is 0 Å². The maximum Gasteiger partial charge on any atom is 0.181 e. The number of benzene rings is 2. The molecule has 2 aromatic carbocycles. The van der Waals surface area contributed by atoms with Gasteiger partial charge in [-0.3, -0.25) is 5.10 Å². The number of para-hydroxylation sites is 1. The van der Waals surface area contributed by atoms with Crippen molar-refractivity contribution in [2.24, 2.45) is 0 Å². The quantitative estimate of drug-likeness (QED) is 0.477. The van der Waals surface area contributed by atoms with E-state index in [0.717, 1.165) is 40.6 Å². The van der Waals surface area contributed by atoms with Crippen molar-refractivity contribution in [3.8, 4) is 28.1 Å². The van der Waals surface area contributed by atoms with Gasteiger partial charge < -0.3 is 10.2 Å². The molecule has 0 aliphatic heterocycles. The number of hydrogen-bond acceptors (Lipinski definition) is 4. The van der Waals surface area contributed by atoms with Crippen molar-refractivity contribution >= 4 is 11.0 Å². The highest BCUT2D eigenvalue weighted by Gasteiger charge is 2.14. The number of pyridine rings is 1. The van der Waals surface area contributed by atoms with Crippen LogP contribution in [0.1, 0.15) is 31.4 Å². The summed E-state index contributed by atoms with van der Waals surface area (Å²) in [6.07, 6.45) is 2.98. The lowest BCUT2D eigenvalue weighted by Gasteiger charge is -2.11. The molecular formula is C22H21N3O2. The van der Waals surface area contributed by atoms with Gasteiger partial charge in [-0.2, -0.15) is 5.10 Å². The molecule has 0 aliphatic rings. The molecule has 1 atom stereocenters. The van der Waals surface area contributed by atoms with Crippen LogP contribution in [0.4, 0.5) is 0 Å². The largest absolute Gasteiger partial charge is 0.507 e. The van der Waals surface area contributed by atoms with Crippen LogP contribution in [0.2, 0.25) is 0 Å². The molecule has 0 fully saturated rings. The molecular weight excluding hydrogens is 338 g/mol. The summed E-state index contributed by atoms with van der Waals surface area (Å²) in [5, 5.41) is 28.6. The number of H-pyrrole nitrogens is 1. The lowest BCUT2D eigenvalue weighted by Crippen LogP contribution is -1.96. The van der Waals surface area contributed by atoms with Gasteiger partial charge in [0.25, 0.3) is 0 Å². The monoisotopic (exact) mass is 359 g/mol. The molecule has 4 aromatic rings. The number of nitrogens with zero attached hydrogens (tertiary/aromatic N) is 2. The van der Waals surface area contributed by atoms with E-state index in [1.54, 1.807) is 18.3 Å². The molecule has 0 saturated heterocycles. The normalized spacial score (nSPS) is 12.4. The van der Waals surface area contributed by atoms with E-state index in [1.165, 1.54) is 0 Å². The second-order valence-corrected chi connectivity index (χ2v) is 6.64. The number of fused-ring (bicyclic) bond motifs is 1. The van der Waals surface area contributed by atoms with Crippen LogP contribution in [0, 0.1) is 0 Å². The van der Waals surface area contributed by atoms with Crippen molar-refractivity contribution in [3.63, 3.8) is 0 Å². The molecule has 27 heavy (non-hydrogen) atoms. The summed E-state index contributed by atoms with van der Waals surface area (Å²) in [5.41, 5.74) is 4.85. The summed E-state index contributed by atoms with van der Waals surface area (Å²) < 4.78 is 0. The highest BCUT2D eigenvalue weighted by Crippen LogP contribution is 2.34. The Morgan fingerprint density at radius 1 is 1.04 bits per heavy atom. The molecule has 0 unspecified atom stereocenters. The third-order valence-corrected chi connectivity index (χ3v) is 4.75. The lowest BCUT2D eigenvalue weighted by molar-refractivity contribution is 0.166. The van der Waals surface area contributed by atoms with Gasteiger partial charge in [-0.25, -0.2) is 4.98 Å². The van der Waals surface area contributed by atoms with Crippen LogP contribution in [-0.2, 0) is 0 Å². The SMILES string of the molecule is CCC[C@@H](O)c1cccc(-c2cnc3n[nH]c(-c4ccccc4O)c3c2)c1. The van der Waals surface area contributed by atoms with Crippen molar-refractivity contribution in [3.05, 3.63) is 66.4 Å². The second kappa shape index (κ2) is 7.21. The molecule has 5 heteroatoms.